The molecule has 0 saturated heterocycles. The van der Waals surface area contributed by atoms with Crippen LogP contribution in [0.15, 0.2) is 33.5 Å². The highest BCUT2D eigenvalue weighted by Crippen LogP contribution is 2.17. The monoisotopic (exact) mass is 370 g/mol. The second kappa shape index (κ2) is 7.62. The summed E-state index contributed by atoms with van der Waals surface area (Å²) in [6, 6.07) is 8.11. The molecule has 27 heavy (non-hydrogen) atoms. The molecule has 0 radical (unpaired) electrons. The highest BCUT2D eigenvalue weighted by atomic mass is 16.6. The third-order valence-corrected chi connectivity index (χ3v) is 4.51. The van der Waals surface area contributed by atoms with E-state index in [0.717, 1.165) is 11.6 Å². The van der Waals surface area contributed by atoms with Crippen LogP contribution in [0.3, 0.4) is 0 Å². The summed E-state index contributed by atoms with van der Waals surface area (Å²) < 4.78 is 10.5. The Labute approximate surface area is 156 Å². The van der Waals surface area contributed by atoms with Gasteiger partial charge < -0.3 is 14.5 Å². The zero-order valence-corrected chi connectivity index (χ0v) is 16.0. The van der Waals surface area contributed by atoms with Crippen LogP contribution in [0.2, 0.25) is 0 Å². The van der Waals surface area contributed by atoms with E-state index in [4.69, 9.17) is 9.15 Å². The first-order valence-corrected chi connectivity index (χ1v) is 8.56. The van der Waals surface area contributed by atoms with E-state index < -0.39 is 23.5 Å². The number of ether oxygens (including phenoxy) is 1. The molecule has 7 nitrogen and oxygen atoms in total. The topological polar surface area (TPSA) is 109 Å². The van der Waals surface area contributed by atoms with Crippen LogP contribution < -0.4 is 10.7 Å². The predicted molar refractivity (Wildman–Crippen MR) is 99.1 cm³/mol. The number of amides is 1. The lowest BCUT2D eigenvalue weighted by Gasteiger charge is -2.28. The Morgan fingerprint density at radius 2 is 1.93 bits per heavy atom. The second-order valence-corrected chi connectivity index (χ2v) is 6.98. The fourth-order valence-corrected chi connectivity index (χ4v) is 2.30. The van der Waals surface area contributed by atoms with Crippen LogP contribution in [0, 0.1) is 24.2 Å². The Balaban J connectivity index is 2.18. The van der Waals surface area contributed by atoms with E-state index in [1.165, 1.54) is 6.92 Å². The van der Waals surface area contributed by atoms with Gasteiger partial charge in [0.1, 0.15) is 11.1 Å². The van der Waals surface area contributed by atoms with Crippen LogP contribution in [-0.2, 0) is 9.53 Å². The second-order valence-electron chi connectivity index (χ2n) is 6.98. The van der Waals surface area contributed by atoms with Crippen molar-refractivity contribution in [3.05, 3.63) is 45.8 Å². The number of hydrogen-bond acceptors (Lipinski definition) is 6. The van der Waals surface area contributed by atoms with Gasteiger partial charge in [0.2, 0.25) is 5.76 Å². The Kier molecular flexibility index (Phi) is 5.69. The van der Waals surface area contributed by atoms with Gasteiger partial charge in [0, 0.05) is 6.07 Å². The van der Waals surface area contributed by atoms with Crippen molar-refractivity contribution < 1.29 is 18.7 Å². The number of rotatable bonds is 5. The van der Waals surface area contributed by atoms with Crippen LogP contribution in [0.4, 0.5) is 0 Å². The lowest BCUT2D eigenvalue weighted by Crippen LogP contribution is -2.52. The molecule has 1 aromatic carbocycles. The van der Waals surface area contributed by atoms with Crippen molar-refractivity contribution in [3.63, 3.8) is 0 Å². The Morgan fingerprint density at radius 3 is 2.52 bits per heavy atom. The largest absolute Gasteiger partial charge is 0.449 e. The van der Waals surface area contributed by atoms with E-state index in [9.17, 15) is 19.6 Å². The lowest BCUT2D eigenvalue weighted by atomic mass is 9.90. The molecular formula is C20H22N2O5. The third-order valence-electron chi connectivity index (χ3n) is 4.51. The molecular weight excluding hydrogens is 348 g/mol. The van der Waals surface area contributed by atoms with Gasteiger partial charge in [0.15, 0.2) is 11.5 Å². The Morgan fingerprint density at radius 1 is 1.26 bits per heavy atom. The fraction of sp³-hybridized carbons (Fsp3) is 0.400. The summed E-state index contributed by atoms with van der Waals surface area (Å²) in [6.07, 6.45) is -1.16. The van der Waals surface area contributed by atoms with E-state index in [0.29, 0.717) is 5.39 Å². The van der Waals surface area contributed by atoms with Gasteiger partial charge in [0.25, 0.3) is 5.91 Å². The maximum atomic E-state index is 12.3. The summed E-state index contributed by atoms with van der Waals surface area (Å²) >= 11 is 0. The van der Waals surface area contributed by atoms with Crippen LogP contribution in [0.1, 0.15) is 43.8 Å². The number of nitrogens with one attached hydrogen (secondary N) is 1. The minimum absolute atomic E-state index is 0.142. The summed E-state index contributed by atoms with van der Waals surface area (Å²) in [4.78, 5) is 36.8. The normalized spacial score (nSPS) is 14.3. The first-order chi connectivity index (χ1) is 12.6. The third kappa shape index (κ3) is 4.34. The lowest BCUT2D eigenvalue weighted by molar-refractivity contribution is -0.130. The number of carbonyl (C=O) groups excluding carboxylic acids is 2. The first-order valence-electron chi connectivity index (χ1n) is 8.56. The van der Waals surface area contributed by atoms with Crippen molar-refractivity contribution in [1.29, 1.82) is 5.26 Å². The van der Waals surface area contributed by atoms with Crippen LogP contribution in [0.5, 0.6) is 0 Å². The average Bonchev–Trinajstić information content (AvgIpc) is 2.61. The van der Waals surface area contributed by atoms with Gasteiger partial charge in [0.05, 0.1) is 11.5 Å². The van der Waals surface area contributed by atoms with Crippen molar-refractivity contribution in [1.82, 2.24) is 5.32 Å². The van der Waals surface area contributed by atoms with E-state index in [1.54, 1.807) is 39.0 Å². The molecule has 2 unspecified atom stereocenters. The summed E-state index contributed by atoms with van der Waals surface area (Å²) in [5, 5.41) is 12.2. The maximum Gasteiger partial charge on any atom is 0.375 e. The fourth-order valence-electron chi connectivity index (χ4n) is 2.30. The molecule has 0 saturated carbocycles. The van der Waals surface area contributed by atoms with Gasteiger partial charge >= 0.3 is 5.97 Å². The smallest absolute Gasteiger partial charge is 0.375 e. The molecule has 0 aliphatic heterocycles. The van der Waals surface area contributed by atoms with Gasteiger partial charge in [-0.05, 0) is 38.8 Å². The van der Waals surface area contributed by atoms with Gasteiger partial charge in [-0.2, -0.15) is 5.26 Å². The Bertz CT molecular complexity index is 986. The number of nitrogens with zero attached hydrogens (tertiary/aromatic N) is 1. The number of esters is 1. The van der Waals surface area contributed by atoms with E-state index in [2.05, 4.69) is 5.32 Å². The number of benzene rings is 1. The molecule has 1 N–H and O–H groups in total. The van der Waals surface area contributed by atoms with Gasteiger partial charge in [-0.25, -0.2) is 4.79 Å². The molecule has 0 fully saturated rings. The van der Waals surface area contributed by atoms with Gasteiger partial charge in [-0.3, -0.25) is 9.59 Å². The molecule has 0 spiro atoms. The van der Waals surface area contributed by atoms with Crippen molar-refractivity contribution in [2.45, 2.75) is 46.3 Å². The van der Waals surface area contributed by atoms with Crippen LogP contribution in [0.25, 0.3) is 11.0 Å². The number of hydrogen-bond donors (Lipinski definition) is 1. The molecule has 142 valence electrons. The zero-order chi connectivity index (χ0) is 20.4. The molecule has 0 aliphatic carbocycles. The average molecular weight is 370 g/mol. The highest BCUT2D eigenvalue weighted by molar-refractivity contribution is 5.91. The van der Waals surface area contributed by atoms with Crippen molar-refractivity contribution in [2.75, 3.05) is 0 Å². The maximum absolute atomic E-state index is 12.3. The number of fused-ring (bicyclic) bond motifs is 1. The molecule has 7 heteroatoms. The summed E-state index contributed by atoms with van der Waals surface area (Å²) in [7, 11) is 0. The zero-order valence-electron chi connectivity index (χ0n) is 16.0. The molecule has 1 amide bonds. The summed E-state index contributed by atoms with van der Waals surface area (Å²) in [5.74, 6) is -1.97. The number of aryl methyl sites for hydroxylation is 1. The molecule has 2 aromatic rings. The van der Waals surface area contributed by atoms with Crippen molar-refractivity contribution in [3.8, 4) is 6.07 Å². The van der Waals surface area contributed by atoms with Crippen molar-refractivity contribution in [2.24, 2.45) is 5.92 Å². The standard InChI is InChI=1S/C20H22N2O5/c1-11(2)20(5,10-21)22-18(24)13(4)26-19(25)17-9-15(23)14-8-12(3)6-7-16(14)27-17/h6-9,11,13H,1-5H3,(H,22,24). The minimum Gasteiger partial charge on any atom is -0.449 e. The minimum atomic E-state index is -1.16. The van der Waals surface area contributed by atoms with E-state index >= 15 is 0 Å². The quantitative estimate of drug-likeness (QED) is 0.811. The Hall–Kier alpha value is -3.14. The summed E-state index contributed by atoms with van der Waals surface area (Å²) in [5.41, 5.74) is -0.318. The number of carbonyl (C=O) groups is 2. The molecule has 0 bridgehead atoms. The molecule has 2 atom stereocenters. The highest BCUT2D eigenvalue weighted by Gasteiger charge is 2.33. The van der Waals surface area contributed by atoms with E-state index in [-0.39, 0.29) is 22.7 Å². The molecule has 2 rings (SSSR count). The van der Waals surface area contributed by atoms with E-state index in [1.807, 2.05) is 13.0 Å². The number of nitriles is 1. The molecule has 0 aliphatic rings. The van der Waals surface area contributed by atoms with Crippen LogP contribution in [-0.4, -0.2) is 23.5 Å². The molecule has 1 heterocycles. The van der Waals surface area contributed by atoms with Crippen LogP contribution >= 0.6 is 0 Å². The van der Waals surface area contributed by atoms with Gasteiger partial charge in [-0.15, -0.1) is 0 Å². The van der Waals surface area contributed by atoms with Crippen molar-refractivity contribution >= 4 is 22.8 Å². The first kappa shape index (κ1) is 20.2. The summed E-state index contributed by atoms with van der Waals surface area (Å²) in [6.45, 7) is 8.41. The molecule has 1 aromatic heterocycles. The predicted octanol–water partition coefficient (Wildman–Crippen LogP) is 2.70. The SMILES string of the molecule is Cc1ccc2oc(C(=O)OC(C)C(=O)NC(C)(C#N)C(C)C)cc(=O)c2c1. The van der Waals surface area contributed by atoms with Gasteiger partial charge in [-0.1, -0.05) is 25.5 Å².